The molecule has 2 rings (SSSR count). The predicted octanol–water partition coefficient (Wildman–Crippen LogP) is 1.69. The largest absolute Gasteiger partial charge is 0.508 e. The van der Waals surface area contributed by atoms with Crippen molar-refractivity contribution in [2.75, 3.05) is 0 Å². The van der Waals surface area contributed by atoms with Crippen molar-refractivity contribution in [1.82, 2.24) is 15.8 Å². The molecule has 1 aromatic carbocycles. The summed E-state index contributed by atoms with van der Waals surface area (Å²) in [6.45, 7) is 3.80. The molecule has 1 amide bonds. The van der Waals surface area contributed by atoms with Gasteiger partial charge in [0.2, 0.25) is 0 Å². The van der Waals surface area contributed by atoms with Gasteiger partial charge in [0, 0.05) is 18.0 Å². The monoisotopic (exact) mass is 255 g/mol. The van der Waals surface area contributed by atoms with Crippen molar-refractivity contribution in [3.63, 3.8) is 0 Å². The van der Waals surface area contributed by atoms with Crippen molar-refractivity contribution in [1.29, 1.82) is 0 Å². The van der Waals surface area contributed by atoms with Crippen LogP contribution >= 0.6 is 0 Å². The minimum atomic E-state index is -0.276. The van der Waals surface area contributed by atoms with Gasteiger partial charge in [0.05, 0.1) is 5.70 Å². The molecule has 1 aromatic heterocycles. The lowest BCUT2D eigenvalue weighted by Gasteiger charge is -2.11. The molecule has 0 atom stereocenters. The fourth-order valence-corrected chi connectivity index (χ4v) is 1.44. The second-order valence-corrected chi connectivity index (χ2v) is 3.84. The molecule has 0 aliphatic carbocycles. The third kappa shape index (κ3) is 3.32. The first-order chi connectivity index (χ1) is 9.16. The van der Waals surface area contributed by atoms with E-state index in [2.05, 4.69) is 22.4 Å². The van der Waals surface area contributed by atoms with Crippen molar-refractivity contribution in [2.45, 2.75) is 0 Å². The molecule has 0 spiro atoms. The lowest BCUT2D eigenvalue weighted by Crippen LogP contribution is -2.35. The van der Waals surface area contributed by atoms with Crippen molar-refractivity contribution < 1.29 is 9.90 Å². The van der Waals surface area contributed by atoms with Crippen LogP contribution in [0.15, 0.2) is 55.4 Å². The van der Waals surface area contributed by atoms with Gasteiger partial charge >= 0.3 is 0 Å². The molecule has 5 nitrogen and oxygen atoms in total. The number of nitrogens with zero attached hydrogens (tertiary/aromatic N) is 1. The van der Waals surface area contributed by atoms with Crippen LogP contribution in [0.3, 0.4) is 0 Å². The number of hydrazine groups is 1. The number of hydrogen-bond donors (Lipinski definition) is 3. The number of benzene rings is 1. The lowest BCUT2D eigenvalue weighted by atomic mass is 10.2. The summed E-state index contributed by atoms with van der Waals surface area (Å²) in [4.78, 5) is 15.6. The van der Waals surface area contributed by atoms with Gasteiger partial charge in [-0.3, -0.25) is 20.6 Å². The molecular weight excluding hydrogens is 242 g/mol. The van der Waals surface area contributed by atoms with E-state index in [1.54, 1.807) is 48.8 Å². The molecule has 0 bridgehead atoms. The topological polar surface area (TPSA) is 74.2 Å². The first-order valence-corrected chi connectivity index (χ1v) is 5.61. The van der Waals surface area contributed by atoms with Crippen molar-refractivity contribution in [3.05, 3.63) is 66.5 Å². The minimum absolute atomic E-state index is 0.178. The number of carbonyl (C=O) groups excluding carboxylic acids is 1. The van der Waals surface area contributed by atoms with Crippen LogP contribution in [-0.2, 0) is 0 Å². The molecule has 1 heterocycles. The van der Waals surface area contributed by atoms with Gasteiger partial charge in [-0.05, 0) is 42.0 Å². The maximum atomic E-state index is 11.8. The highest BCUT2D eigenvalue weighted by Crippen LogP contribution is 2.13. The highest BCUT2D eigenvalue weighted by Gasteiger charge is 2.05. The summed E-state index contributed by atoms with van der Waals surface area (Å²) >= 11 is 0. The maximum Gasteiger partial charge on any atom is 0.269 e. The Kier molecular flexibility index (Phi) is 3.78. The summed E-state index contributed by atoms with van der Waals surface area (Å²) in [5.74, 6) is -0.0975. The van der Waals surface area contributed by atoms with Gasteiger partial charge in [-0.15, -0.1) is 0 Å². The second kappa shape index (κ2) is 5.68. The number of amides is 1. The Bertz CT molecular complexity index is 579. The summed E-state index contributed by atoms with van der Waals surface area (Å²) < 4.78 is 0. The summed E-state index contributed by atoms with van der Waals surface area (Å²) in [5.41, 5.74) is 7.06. The molecule has 0 saturated carbocycles. The van der Waals surface area contributed by atoms with Crippen molar-refractivity contribution >= 4 is 11.6 Å². The van der Waals surface area contributed by atoms with Crippen LogP contribution < -0.4 is 10.9 Å². The van der Waals surface area contributed by atoms with Crippen molar-refractivity contribution in [3.8, 4) is 5.75 Å². The van der Waals surface area contributed by atoms with Crippen LogP contribution in [0.5, 0.6) is 5.75 Å². The molecule has 0 fully saturated rings. The van der Waals surface area contributed by atoms with Gasteiger partial charge in [0.15, 0.2) is 0 Å². The summed E-state index contributed by atoms with van der Waals surface area (Å²) in [7, 11) is 0. The van der Waals surface area contributed by atoms with E-state index in [4.69, 9.17) is 0 Å². The second-order valence-electron chi connectivity index (χ2n) is 3.84. The van der Waals surface area contributed by atoms with Crippen LogP contribution in [0.2, 0.25) is 0 Å². The van der Waals surface area contributed by atoms with E-state index >= 15 is 0 Å². The molecule has 0 radical (unpaired) electrons. The number of rotatable bonds is 4. The zero-order chi connectivity index (χ0) is 13.7. The van der Waals surface area contributed by atoms with E-state index in [1.807, 2.05) is 0 Å². The standard InChI is InChI=1S/C14H13N3O2/c1-10(11-2-4-13(18)5-3-11)16-17-14(19)12-6-8-15-9-7-12/h2-9,16,18H,1H2,(H,17,19). The van der Waals surface area contributed by atoms with Crippen LogP contribution in [0.25, 0.3) is 5.70 Å². The number of pyridine rings is 1. The summed E-state index contributed by atoms with van der Waals surface area (Å²) in [6, 6.07) is 9.72. The molecule has 2 aromatic rings. The zero-order valence-electron chi connectivity index (χ0n) is 10.1. The molecule has 0 saturated heterocycles. The van der Waals surface area contributed by atoms with E-state index in [9.17, 15) is 9.90 Å². The predicted molar refractivity (Wildman–Crippen MR) is 72.0 cm³/mol. The van der Waals surface area contributed by atoms with E-state index in [0.717, 1.165) is 5.56 Å². The molecule has 5 heteroatoms. The van der Waals surface area contributed by atoms with E-state index in [0.29, 0.717) is 11.3 Å². The van der Waals surface area contributed by atoms with Crippen LogP contribution in [-0.4, -0.2) is 16.0 Å². The number of aromatic hydroxyl groups is 1. The quantitative estimate of drug-likeness (QED) is 0.727. The number of hydrogen-bond acceptors (Lipinski definition) is 4. The number of carbonyl (C=O) groups is 1. The molecule has 0 aliphatic heterocycles. The molecule has 3 N–H and O–H groups in total. The fourth-order valence-electron chi connectivity index (χ4n) is 1.44. The number of phenols is 1. The molecule has 0 aliphatic rings. The van der Waals surface area contributed by atoms with Gasteiger partial charge in [0.1, 0.15) is 5.75 Å². The van der Waals surface area contributed by atoms with Crippen LogP contribution in [0.1, 0.15) is 15.9 Å². The molecule has 0 unspecified atom stereocenters. The lowest BCUT2D eigenvalue weighted by molar-refractivity contribution is 0.0942. The Hall–Kier alpha value is -2.82. The molecular formula is C14H13N3O2. The van der Waals surface area contributed by atoms with E-state index < -0.39 is 0 Å². The number of aromatic nitrogens is 1. The summed E-state index contributed by atoms with van der Waals surface area (Å²) in [5, 5.41) is 9.18. The van der Waals surface area contributed by atoms with Crippen LogP contribution in [0, 0.1) is 0 Å². The summed E-state index contributed by atoms with van der Waals surface area (Å²) in [6.07, 6.45) is 3.09. The Labute approximate surface area is 110 Å². The zero-order valence-corrected chi connectivity index (χ0v) is 10.1. The average molecular weight is 255 g/mol. The van der Waals surface area contributed by atoms with Gasteiger partial charge < -0.3 is 5.11 Å². The average Bonchev–Trinajstić information content (AvgIpc) is 2.46. The van der Waals surface area contributed by atoms with Crippen LogP contribution in [0.4, 0.5) is 0 Å². The van der Waals surface area contributed by atoms with Crippen molar-refractivity contribution in [2.24, 2.45) is 0 Å². The maximum absolute atomic E-state index is 11.8. The number of phenolic OH excluding ortho intramolecular Hbond substituents is 1. The third-order valence-electron chi connectivity index (χ3n) is 2.49. The van der Waals surface area contributed by atoms with Gasteiger partial charge in [0.25, 0.3) is 5.91 Å². The first kappa shape index (κ1) is 12.6. The van der Waals surface area contributed by atoms with E-state index in [1.165, 1.54) is 0 Å². The number of nitrogens with one attached hydrogen (secondary N) is 2. The van der Waals surface area contributed by atoms with E-state index in [-0.39, 0.29) is 11.7 Å². The smallest absolute Gasteiger partial charge is 0.269 e. The van der Waals surface area contributed by atoms with Gasteiger partial charge in [-0.1, -0.05) is 6.58 Å². The molecule has 96 valence electrons. The highest BCUT2D eigenvalue weighted by molar-refractivity contribution is 5.94. The first-order valence-electron chi connectivity index (χ1n) is 5.61. The Morgan fingerprint density at radius 1 is 1.00 bits per heavy atom. The molecule has 19 heavy (non-hydrogen) atoms. The third-order valence-corrected chi connectivity index (χ3v) is 2.49. The van der Waals surface area contributed by atoms with Gasteiger partial charge in [-0.25, -0.2) is 0 Å². The van der Waals surface area contributed by atoms with Gasteiger partial charge in [-0.2, -0.15) is 0 Å². The highest BCUT2D eigenvalue weighted by atomic mass is 16.3. The Morgan fingerprint density at radius 2 is 1.63 bits per heavy atom. The normalized spacial score (nSPS) is 9.68. The Balaban J connectivity index is 1.94. The fraction of sp³-hybridized carbons (Fsp3) is 0. The minimum Gasteiger partial charge on any atom is -0.508 e. The SMILES string of the molecule is C=C(NNC(=O)c1ccncc1)c1ccc(O)cc1. The Morgan fingerprint density at radius 3 is 2.26 bits per heavy atom.